The van der Waals surface area contributed by atoms with Gasteiger partial charge in [-0.05, 0) is 35.1 Å². The van der Waals surface area contributed by atoms with Gasteiger partial charge >= 0.3 is 0 Å². The highest BCUT2D eigenvalue weighted by Crippen LogP contribution is 2.45. The van der Waals surface area contributed by atoms with E-state index in [4.69, 9.17) is 0 Å². The van der Waals surface area contributed by atoms with E-state index < -0.39 is 0 Å². The second-order valence-corrected chi connectivity index (χ2v) is 5.48. The van der Waals surface area contributed by atoms with Crippen molar-refractivity contribution in [2.24, 2.45) is 0 Å². The summed E-state index contributed by atoms with van der Waals surface area (Å²) in [5.74, 6) is 0.0908. The van der Waals surface area contributed by atoms with Crippen molar-refractivity contribution < 1.29 is 4.79 Å². The van der Waals surface area contributed by atoms with Gasteiger partial charge in [0, 0.05) is 10.4 Å². The molecule has 1 aliphatic carbocycles. The number of benzene rings is 1. The van der Waals surface area contributed by atoms with E-state index >= 15 is 0 Å². The van der Waals surface area contributed by atoms with Crippen molar-refractivity contribution in [1.29, 1.82) is 0 Å². The van der Waals surface area contributed by atoms with Crippen LogP contribution in [0.25, 0.3) is 0 Å². The molecule has 0 saturated heterocycles. The molecule has 0 fully saturated rings. The van der Waals surface area contributed by atoms with Gasteiger partial charge in [-0.3, -0.25) is 0 Å². The molecule has 0 amide bonds. The molecule has 0 spiro atoms. The molecule has 0 aliphatic heterocycles. The zero-order valence-corrected chi connectivity index (χ0v) is 9.97. The number of aldehydes is 1. The van der Waals surface area contributed by atoms with E-state index in [0.29, 0.717) is 0 Å². The molecular weight excluding hydrogens is 240 g/mol. The van der Waals surface area contributed by atoms with Crippen molar-refractivity contribution in [2.75, 3.05) is 0 Å². The van der Waals surface area contributed by atoms with Crippen molar-refractivity contribution in [1.82, 2.24) is 0 Å². The third kappa shape index (κ3) is 1.42. The monoisotopic (exact) mass is 252 g/mol. The average Bonchev–Trinajstić information content (AvgIpc) is 2.38. The van der Waals surface area contributed by atoms with E-state index in [2.05, 4.69) is 41.9 Å². The molecule has 1 atom stereocenters. The van der Waals surface area contributed by atoms with Gasteiger partial charge in [-0.1, -0.05) is 35.8 Å². The average molecular weight is 253 g/mol. The molecule has 0 radical (unpaired) electrons. The summed E-state index contributed by atoms with van der Waals surface area (Å²) >= 11 is 3.47. The SMILES string of the molecule is CC1(C)CC(C=O)c2ccc(Br)cc21. The van der Waals surface area contributed by atoms with Gasteiger partial charge in [0.2, 0.25) is 0 Å². The second kappa shape index (κ2) is 3.20. The van der Waals surface area contributed by atoms with Crippen LogP contribution in [0.3, 0.4) is 0 Å². The molecule has 0 N–H and O–H groups in total. The first-order chi connectivity index (χ1) is 6.54. The lowest BCUT2D eigenvalue weighted by atomic mass is 9.86. The third-order valence-corrected chi connectivity index (χ3v) is 3.53. The minimum absolute atomic E-state index is 0.0908. The number of hydrogen-bond acceptors (Lipinski definition) is 1. The number of carbonyl (C=O) groups excluding carboxylic acids is 1. The summed E-state index contributed by atoms with van der Waals surface area (Å²) in [4.78, 5) is 10.9. The smallest absolute Gasteiger partial charge is 0.127 e. The largest absolute Gasteiger partial charge is 0.303 e. The van der Waals surface area contributed by atoms with Gasteiger partial charge in [-0.15, -0.1) is 0 Å². The van der Waals surface area contributed by atoms with Crippen molar-refractivity contribution in [2.45, 2.75) is 31.6 Å². The van der Waals surface area contributed by atoms with Crippen LogP contribution in [-0.2, 0) is 10.2 Å². The molecule has 1 aromatic rings. The van der Waals surface area contributed by atoms with E-state index in [0.717, 1.165) is 17.2 Å². The fraction of sp³-hybridized carbons (Fsp3) is 0.417. The van der Waals surface area contributed by atoms with Crippen molar-refractivity contribution >= 4 is 22.2 Å². The third-order valence-electron chi connectivity index (χ3n) is 3.04. The molecule has 0 heterocycles. The van der Waals surface area contributed by atoms with Crippen LogP contribution in [0.4, 0.5) is 0 Å². The summed E-state index contributed by atoms with van der Waals surface area (Å²) in [6.07, 6.45) is 2.00. The van der Waals surface area contributed by atoms with Gasteiger partial charge in [-0.2, -0.15) is 0 Å². The standard InChI is InChI=1S/C12H13BrO/c1-12(2)6-8(7-14)10-4-3-9(13)5-11(10)12/h3-5,7-8H,6H2,1-2H3. The number of fused-ring (bicyclic) bond motifs is 1. The molecule has 0 aromatic heterocycles. The molecule has 0 saturated carbocycles. The second-order valence-electron chi connectivity index (χ2n) is 4.56. The van der Waals surface area contributed by atoms with Gasteiger partial charge in [0.05, 0.1) is 0 Å². The summed E-state index contributed by atoms with van der Waals surface area (Å²) in [5.41, 5.74) is 2.64. The van der Waals surface area contributed by atoms with Gasteiger partial charge in [0.1, 0.15) is 6.29 Å². The molecule has 1 aromatic carbocycles. The van der Waals surface area contributed by atoms with Gasteiger partial charge in [-0.25, -0.2) is 0 Å². The Morgan fingerprint density at radius 1 is 1.50 bits per heavy atom. The number of rotatable bonds is 1. The van der Waals surface area contributed by atoms with Gasteiger partial charge in [0.25, 0.3) is 0 Å². The minimum Gasteiger partial charge on any atom is -0.303 e. The van der Waals surface area contributed by atoms with E-state index in [1.807, 2.05) is 6.07 Å². The van der Waals surface area contributed by atoms with Crippen LogP contribution in [0.5, 0.6) is 0 Å². The molecule has 2 heteroatoms. The van der Waals surface area contributed by atoms with Crippen molar-refractivity contribution in [3.8, 4) is 0 Å². The topological polar surface area (TPSA) is 17.1 Å². The Morgan fingerprint density at radius 3 is 2.86 bits per heavy atom. The van der Waals surface area contributed by atoms with E-state index in [9.17, 15) is 4.79 Å². The van der Waals surface area contributed by atoms with Crippen LogP contribution in [0, 0.1) is 0 Å². The van der Waals surface area contributed by atoms with E-state index in [-0.39, 0.29) is 11.3 Å². The lowest BCUT2D eigenvalue weighted by Gasteiger charge is -2.18. The Bertz CT molecular complexity index is 382. The first-order valence-electron chi connectivity index (χ1n) is 4.80. The van der Waals surface area contributed by atoms with Gasteiger partial charge in [0.15, 0.2) is 0 Å². The summed E-state index contributed by atoms with van der Waals surface area (Å²) in [6.45, 7) is 4.39. The Kier molecular flexibility index (Phi) is 2.26. The molecule has 1 unspecified atom stereocenters. The quantitative estimate of drug-likeness (QED) is 0.701. The molecule has 14 heavy (non-hydrogen) atoms. The summed E-state index contributed by atoms with van der Waals surface area (Å²) in [7, 11) is 0. The van der Waals surface area contributed by atoms with E-state index in [1.165, 1.54) is 11.1 Å². The van der Waals surface area contributed by atoms with Crippen LogP contribution in [0.1, 0.15) is 37.3 Å². The Labute approximate surface area is 92.6 Å². The number of carbonyl (C=O) groups is 1. The maximum absolute atomic E-state index is 10.9. The first kappa shape index (κ1) is 9.91. The fourth-order valence-electron chi connectivity index (χ4n) is 2.33. The number of hydrogen-bond donors (Lipinski definition) is 0. The van der Waals surface area contributed by atoms with Crippen molar-refractivity contribution in [3.05, 3.63) is 33.8 Å². The highest BCUT2D eigenvalue weighted by molar-refractivity contribution is 9.10. The maximum Gasteiger partial charge on any atom is 0.127 e. The van der Waals surface area contributed by atoms with Crippen molar-refractivity contribution in [3.63, 3.8) is 0 Å². The minimum atomic E-state index is 0.0908. The first-order valence-corrected chi connectivity index (χ1v) is 5.59. The zero-order chi connectivity index (χ0) is 10.3. The summed E-state index contributed by atoms with van der Waals surface area (Å²) in [5, 5.41) is 0. The van der Waals surface area contributed by atoms with Gasteiger partial charge < -0.3 is 4.79 Å². The van der Waals surface area contributed by atoms with E-state index in [1.54, 1.807) is 0 Å². The van der Waals surface area contributed by atoms with Crippen LogP contribution in [-0.4, -0.2) is 6.29 Å². The molecule has 1 nitrogen and oxygen atoms in total. The predicted octanol–water partition coefficient (Wildman–Crippen LogP) is 3.41. The number of halogens is 1. The highest BCUT2D eigenvalue weighted by atomic mass is 79.9. The normalized spacial score (nSPS) is 23.2. The molecular formula is C12H13BrO. The van der Waals surface area contributed by atoms with Crippen LogP contribution >= 0.6 is 15.9 Å². The molecule has 0 bridgehead atoms. The Balaban J connectivity index is 2.59. The summed E-state index contributed by atoms with van der Waals surface area (Å²) < 4.78 is 1.09. The van der Waals surface area contributed by atoms with Crippen LogP contribution in [0.2, 0.25) is 0 Å². The maximum atomic E-state index is 10.9. The lowest BCUT2D eigenvalue weighted by Crippen LogP contribution is -2.12. The molecule has 74 valence electrons. The molecule has 2 rings (SSSR count). The Hall–Kier alpha value is -0.630. The lowest BCUT2D eigenvalue weighted by molar-refractivity contribution is -0.109. The predicted molar refractivity (Wildman–Crippen MR) is 60.6 cm³/mol. The zero-order valence-electron chi connectivity index (χ0n) is 8.38. The molecule has 1 aliphatic rings. The summed E-state index contributed by atoms with van der Waals surface area (Å²) in [6, 6.07) is 6.21. The van der Waals surface area contributed by atoms with Crippen LogP contribution in [0.15, 0.2) is 22.7 Å². The highest BCUT2D eigenvalue weighted by Gasteiger charge is 2.36. The van der Waals surface area contributed by atoms with Crippen LogP contribution < -0.4 is 0 Å². The fourth-order valence-corrected chi connectivity index (χ4v) is 2.69. The Morgan fingerprint density at radius 2 is 2.21 bits per heavy atom.